The number of nitrogens with two attached hydrogens (primary N) is 1. The van der Waals surface area contributed by atoms with Gasteiger partial charge < -0.3 is 5.32 Å². The SMILES string of the molecule is NS(=O)(=O)c1cc2c(cc1Cl)N[C@H]([C@H]1C[C@H]3C=C[C@H]1C3)NS2(=O)=O. The van der Waals surface area contributed by atoms with E-state index in [4.69, 9.17) is 16.7 Å². The van der Waals surface area contributed by atoms with Crippen LogP contribution in [0.15, 0.2) is 34.1 Å². The number of fused-ring (bicyclic) bond motifs is 3. The van der Waals surface area contributed by atoms with Crippen LogP contribution in [-0.2, 0) is 20.0 Å². The standard InChI is InChI=1S/C14H16ClN3O4S2/c15-10-5-11-13(6-12(10)23(16,19)20)24(21,22)18-14(17-11)9-4-7-1-2-8(9)3-7/h1-2,5-9,14,17-18H,3-4H2,(H2,16,19,20)/t7-,8-,9-,14-/m0/s1. The van der Waals surface area contributed by atoms with Gasteiger partial charge in [0.2, 0.25) is 20.0 Å². The fourth-order valence-electron chi connectivity index (χ4n) is 3.92. The summed E-state index contributed by atoms with van der Waals surface area (Å²) in [5, 5.41) is 8.14. The molecule has 0 saturated heterocycles. The Bertz CT molecular complexity index is 958. The first-order valence-electron chi connectivity index (χ1n) is 7.49. The van der Waals surface area contributed by atoms with Gasteiger partial charge in [0.1, 0.15) is 9.79 Å². The molecular weight excluding hydrogens is 374 g/mol. The van der Waals surface area contributed by atoms with E-state index < -0.39 is 31.1 Å². The maximum Gasteiger partial charge on any atom is 0.244 e. The smallest absolute Gasteiger partial charge is 0.244 e. The van der Waals surface area contributed by atoms with Crippen LogP contribution in [0, 0.1) is 17.8 Å². The minimum absolute atomic E-state index is 0.104. The summed E-state index contributed by atoms with van der Waals surface area (Å²) in [5.41, 5.74) is 0.294. The predicted molar refractivity (Wildman–Crippen MR) is 89.4 cm³/mol. The van der Waals surface area contributed by atoms with E-state index in [-0.39, 0.29) is 15.8 Å². The fraction of sp³-hybridized carbons (Fsp3) is 0.429. The van der Waals surface area contributed by atoms with Gasteiger partial charge in [0.25, 0.3) is 0 Å². The third kappa shape index (κ3) is 2.55. The van der Waals surface area contributed by atoms with Crippen LogP contribution >= 0.6 is 11.6 Å². The Balaban J connectivity index is 1.76. The summed E-state index contributed by atoms with van der Waals surface area (Å²) in [4.78, 5) is -0.567. The van der Waals surface area contributed by atoms with E-state index in [2.05, 4.69) is 22.2 Å². The highest BCUT2D eigenvalue weighted by atomic mass is 35.5. The molecule has 1 fully saturated rings. The van der Waals surface area contributed by atoms with E-state index in [0.29, 0.717) is 17.5 Å². The number of halogens is 1. The zero-order valence-electron chi connectivity index (χ0n) is 12.4. The molecule has 130 valence electrons. The lowest BCUT2D eigenvalue weighted by Crippen LogP contribution is -2.50. The van der Waals surface area contributed by atoms with Crippen molar-refractivity contribution >= 4 is 37.3 Å². The lowest BCUT2D eigenvalue weighted by Gasteiger charge is -2.35. The van der Waals surface area contributed by atoms with Crippen LogP contribution in [0.5, 0.6) is 0 Å². The molecule has 1 aromatic carbocycles. The Morgan fingerprint density at radius 2 is 1.96 bits per heavy atom. The predicted octanol–water partition coefficient (Wildman–Crippen LogP) is 1.23. The highest BCUT2D eigenvalue weighted by molar-refractivity contribution is 7.90. The number of primary sulfonamides is 1. The lowest BCUT2D eigenvalue weighted by atomic mass is 9.91. The van der Waals surface area contributed by atoms with Crippen molar-refractivity contribution in [3.63, 3.8) is 0 Å². The molecule has 4 N–H and O–H groups in total. The Morgan fingerprint density at radius 1 is 1.21 bits per heavy atom. The van der Waals surface area contributed by atoms with E-state index in [1.54, 1.807) is 0 Å². The molecule has 0 aromatic heterocycles. The summed E-state index contributed by atoms with van der Waals surface area (Å²) in [6.45, 7) is 0. The van der Waals surface area contributed by atoms with E-state index in [1.807, 2.05) is 0 Å². The number of hydrogen-bond acceptors (Lipinski definition) is 5. The van der Waals surface area contributed by atoms with Gasteiger partial charge in [-0.1, -0.05) is 23.8 Å². The van der Waals surface area contributed by atoms with Crippen molar-refractivity contribution in [1.29, 1.82) is 0 Å². The summed E-state index contributed by atoms with van der Waals surface area (Å²) < 4.78 is 50.9. The number of sulfonamides is 2. The summed E-state index contributed by atoms with van der Waals surface area (Å²) in [7, 11) is -7.97. The molecule has 1 aromatic rings. The van der Waals surface area contributed by atoms with Gasteiger partial charge in [-0.05, 0) is 36.8 Å². The monoisotopic (exact) mass is 389 g/mol. The van der Waals surface area contributed by atoms with Crippen LogP contribution in [0.3, 0.4) is 0 Å². The molecule has 0 radical (unpaired) electrons. The molecule has 3 aliphatic rings. The van der Waals surface area contributed by atoms with Crippen molar-refractivity contribution in [2.24, 2.45) is 22.9 Å². The number of hydrogen-bond donors (Lipinski definition) is 3. The molecule has 1 heterocycles. The van der Waals surface area contributed by atoms with Crippen LogP contribution in [0.25, 0.3) is 0 Å². The van der Waals surface area contributed by atoms with Crippen LogP contribution in [-0.4, -0.2) is 23.0 Å². The quantitative estimate of drug-likeness (QED) is 0.657. The van der Waals surface area contributed by atoms with Gasteiger partial charge in [0.15, 0.2) is 0 Å². The van der Waals surface area contributed by atoms with Crippen molar-refractivity contribution in [2.75, 3.05) is 5.32 Å². The Hall–Kier alpha value is -1.13. The van der Waals surface area contributed by atoms with Crippen LogP contribution < -0.4 is 15.2 Å². The second kappa shape index (κ2) is 5.18. The number of rotatable bonds is 2. The summed E-state index contributed by atoms with van der Waals surface area (Å²) in [5.74, 6) is 0.997. The van der Waals surface area contributed by atoms with Crippen LogP contribution in [0.1, 0.15) is 12.8 Å². The number of anilines is 1. The summed E-state index contributed by atoms with van der Waals surface area (Å²) in [6.07, 6.45) is 5.84. The maximum atomic E-state index is 12.6. The van der Waals surface area contributed by atoms with Crippen LogP contribution in [0.2, 0.25) is 5.02 Å². The van der Waals surface area contributed by atoms with Crippen molar-refractivity contribution < 1.29 is 16.8 Å². The average molecular weight is 390 g/mol. The third-order valence-corrected chi connectivity index (χ3v) is 7.84. The van der Waals surface area contributed by atoms with E-state index in [9.17, 15) is 16.8 Å². The molecule has 4 atom stereocenters. The van der Waals surface area contributed by atoms with Gasteiger partial charge in [-0.3, -0.25) is 0 Å². The molecule has 0 spiro atoms. The largest absolute Gasteiger partial charge is 0.368 e. The van der Waals surface area contributed by atoms with E-state index in [1.165, 1.54) is 6.07 Å². The second-order valence-electron chi connectivity index (χ2n) is 6.51. The van der Waals surface area contributed by atoms with Gasteiger partial charge in [-0.25, -0.2) is 22.0 Å². The van der Waals surface area contributed by atoms with Crippen molar-refractivity contribution in [3.8, 4) is 0 Å². The van der Waals surface area contributed by atoms with Crippen LogP contribution in [0.4, 0.5) is 5.69 Å². The van der Waals surface area contributed by atoms with Gasteiger partial charge in [0.05, 0.1) is 16.9 Å². The number of allylic oxidation sites excluding steroid dienone is 2. The molecule has 4 rings (SSSR count). The molecule has 10 heteroatoms. The first-order chi connectivity index (χ1) is 11.1. The summed E-state index contributed by atoms with van der Waals surface area (Å²) >= 11 is 5.98. The highest BCUT2D eigenvalue weighted by Gasteiger charge is 2.44. The van der Waals surface area contributed by atoms with E-state index >= 15 is 0 Å². The van der Waals surface area contributed by atoms with Gasteiger partial charge in [0, 0.05) is 5.92 Å². The topological polar surface area (TPSA) is 118 Å². The molecule has 2 aliphatic carbocycles. The van der Waals surface area contributed by atoms with Crippen molar-refractivity contribution in [3.05, 3.63) is 29.3 Å². The van der Waals surface area contributed by atoms with Crippen molar-refractivity contribution in [1.82, 2.24) is 4.72 Å². The molecule has 2 bridgehead atoms. The second-order valence-corrected chi connectivity index (χ2v) is 10.1. The zero-order chi connectivity index (χ0) is 17.3. The van der Waals surface area contributed by atoms with E-state index in [0.717, 1.165) is 18.9 Å². The first-order valence-corrected chi connectivity index (χ1v) is 10.9. The lowest BCUT2D eigenvalue weighted by molar-refractivity contribution is 0.363. The molecule has 24 heavy (non-hydrogen) atoms. The molecule has 1 aliphatic heterocycles. The minimum Gasteiger partial charge on any atom is -0.368 e. The van der Waals surface area contributed by atoms with Gasteiger partial charge in [-0.2, -0.15) is 4.72 Å². The molecule has 1 saturated carbocycles. The molecule has 7 nitrogen and oxygen atoms in total. The average Bonchev–Trinajstić information content (AvgIpc) is 3.06. The third-order valence-electron chi connectivity index (χ3n) is 4.98. The van der Waals surface area contributed by atoms with Crippen molar-refractivity contribution in [2.45, 2.75) is 28.8 Å². The minimum atomic E-state index is -4.11. The first kappa shape index (κ1) is 16.3. The van der Waals surface area contributed by atoms with Gasteiger partial charge >= 0.3 is 0 Å². The summed E-state index contributed by atoms with van der Waals surface area (Å²) in [6, 6.07) is 2.31. The zero-order valence-corrected chi connectivity index (χ0v) is 14.8. The number of benzene rings is 1. The Labute approximate surface area is 145 Å². The highest BCUT2D eigenvalue weighted by Crippen LogP contribution is 2.46. The normalized spacial score (nSPS) is 33.2. The molecule has 0 amide bonds. The Morgan fingerprint density at radius 3 is 2.54 bits per heavy atom. The maximum absolute atomic E-state index is 12.6. The fourth-order valence-corrected chi connectivity index (χ4v) is 6.47. The molecular formula is C14H16ClN3O4S2. The Kier molecular flexibility index (Phi) is 3.53. The number of nitrogens with one attached hydrogen (secondary N) is 2. The van der Waals surface area contributed by atoms with Gasteiger partial charge in [-0.15, -0.1) is 0 Å². The molecule has 0 unspecified atom stereocenters.